The number of hydrogen-bond donors (Lipinski definition) is 3. The number of aliphatic hydroxyl groups excluding tert-OH is 1. The average molecular weight is 447 g/mol. The molecule has 2 aromatic carbocycles. The van der Waals surface area contributed by atoms with Crippen molar-refractivity contribution in [2.24, 2.45) is 0 Å². The van der Waals surface area contributed by atoms with Crippen LogP contribution < -0.4 is 20.3 Å². The number of carbonyl (C=O) groups is 1. The van der Waals surface area contributed by atoms with Crippen molar-refractivity contribution in [3.05, 3.63) is 58.1 Å². The molecule has 3 N–H and O–H groups in total. The molecule has 0 radical (unpaired) electrons. The van der Waals surface area contributed by atoms with Gasteiger partial charge in [0, 0.05) is 17.4 Å². The third-order valence-corrected chi connectivity index (χ3v) is 4.30. The van der Waals surface area contributed by atoms with Gasteiger partial charge in [-0.1, -0.05) is 47.0 Å². The standard InChI is InChI=1S/C21H23BrN2O4/c1-3-4-5-12-28-18-11-6-15(13-19(18)27-2)14-23-24-21(26)20(25)16-7-9-17(22)10-8-16/h6-11,13,20,23,25H,3,12,14H2,1-2H3,(H,24,26). The monoisotopic (exact) mass is 446 g/mol. The molecule has 0 heterocycles. The van der Waals surface area contributed by atoms with E-state index in [1.165, 1.54) is 0 Å². The Bertz CT molecular complexity index is 844. The molecular formula is C21H23BrN2O4. The van der Waals surface area contributed by atoms with Gasteiger partial charge in [-0.3, -0.25) is 10.2 Å². The van der Waals surface area contributed by atoms with Gasteiger partial charge in [0.15, 0.2) is 17.6 Å². The highest BCUT2D eigenvalue weighted by atomic mass is 79.9. The molecule has 0 spiro atoms. The van der Waals surface area contributed by atoms with Gasteiger partial charge in [-0.15, -0.1) is 5.92 Å². The number of hydrogen-bond acceptors (Lipinski definition) is 5. The van der Waals surface area contributed by atoms with E-state index in [2.05, 4.69) is 38.6 Å². The molecule has 0 fully saturated rings. The van der Waals surface area contributed by atoms with Crippen molar-refractivity contribution in [1.29, 1.82) is 0 Å². The van der Waals surface area contributed by atoms with E-state index >= 15 is 0 Å². The molecule has 2 aromatic rings. The maximum atomic E-state index is 12.1. The molecule has 1 unspecified atom stereocenters. The van der Waals surface area contributed by atoms with Crippen molar-refractivity contribution in [3.8, 4) is 23.3 Å². The lowest BCUT2D eigenvalue weighted by molar-refractivity contribution is -0.130. The number of benzene rings is 2. The van der Waals surface area contributed by atoms with Crippen molar-refractivity contribution in [2.75, 3.05) is 13.7 Å². The minimum atomic E-state index is -1.25. The van der Waals surface area contributed by atoms with E-state index in [1.54, 1.807) is 37.4 Å². The Morgan fingerprint density at radius 3 is 2.61 bits per heavy atom. The summed E-state index contributed by atoms with van der Waals surface area (Å²) in [6.07, 6.45) is -0.469. The number of hydrazine groups is 1. The average Bonchev–Trinajstić information content (AvgIpc) is 2.71. The van der Waals surface area contributed by atoms with Gasteiger partial charge in [0.1, 0.15) is 6.61 Å². The second-order valence-corrected chi connectivity index (χ2v) is 6.69. The van der Waals surface area contributed by atoms with Crippen molar-refractivity contribution < 1.29 is 19.4 Å². The molecule has 2 rings (SSSR count). The fourth-order valence-corrected chi connectivity index (χ4v) is 2.59. The molecule has 28 heavy (non-hydrogen) atoms. The van der Waals surface area contributed by atoms with Crippen LogP contribution in [0.25, 0.3) is 0 Å². The molecule has 0 aromatic heterocycles. The molecule has 0 bridgehead atoms. The largest absolute Gasteiger partial charge is 0.493 e. The number of halogens is 1. The van der Waals surface area contributed by atoms with Crippen LogP contribution in [0.2, 0.25) is 0 Å². The first kappa shape index (κ1) is 21.8. The van der Waals surface area contributed by atoms with E-state index in [-0.39, 0.29) is 0 Å². The summed E-state index contributed by atoms with van der Waals surface area (Å²) in [5, 5.41) is 10.1. The van der Waals surface area contributed by atoms with Crippen LogP contribution in [0, 0.1) is 11.8 Å². The number of rotatable bonds is 8. The summed E-state index contributed by atoms with van der Waals surface area (Å²) < 4.78 is 11.8. The van der Waals surface area contributed by atoms with Crippen LogP contribution in [0.5, 0.6) is 11.5 Å². The van der Waals surface area contributed by atoms with E-state index < -0.39 is 12.0 Å². The third-order valence-electron chi connectivity index (χ3n) is 3.77. The normalized spacial score (nSPS) is 11.1. The molecule has 148 valence electrons. The smallest absolute Gasteiger partial charge is 0.267 e. The summed E-state index contributed by atoms with van der Waals surface area (Å²) in [7, 11) is 1.56. The lowest BCUT2D eigenvalue weighted by atomic mass is 10.1. The third kappa shape index (κ3) is 6.57. The topological polar surface area (TPSA) is 79.8 Å². The van der Waals surface area contributed by atoms with Crippen LogP contribution >= 0.6 is 15.9 Å². The Balaban J connectivity index is 1.87. The number of amides is 1. The van der Waals surface area contributed by atoms with Gasteiger partial charge < -0.3 is 14.6 Å². The van der Waals surface area contributed by atoms with Crippen molar-refractivity contribution in [2.45, 2.75) is 26.0 Å². The van der Waals surface area contributed by atoms with Crippen LogP contribution in [0.1, 0.15) is 30.6 Å². The van der Waals surface area contributed by atoms with Gasteiger partial charge in [0.25, 0.3) is 5.91 Å². The highest BCUT2D eigenvalue weighted by molar-refractivity contribution is 9.10. The zero-order valence-electron chi connectivity index (χ0n) is 15.8. The number of ether oxygens (including phenoxy) is 2. The zero-order chi connectivity index (χ0) is 20.4. The van der Waals surface area contributed by atoms with E-state index in [4.69, 9.17) is 9.47 Å². The molecule has 0 aliphatic heterocycles. The van der Waals surface area contributed by atoms with Gasteiger partial charge in [-0.25, -0.2) is 5.43 Å². The molecule has 0 saturated carbocycles. The predicted molar refractivity (Wildman–Crippen MR) is 111 cm³/mol. The van der Waals surface area contributed by atoms with Gasteiger partial charge in [0.05, 0.1) is 7.11 Å². The van der Waals surface area contributed by atoms with E-state index in [0.29, 0.717) is 30.2 Å². The van der Waals surface area contributed by atoms with Crippen LogP contribution in [-0.4, -0.2) is 24.7 Å². The van der Waals surface area contributed by atoms with E-state index in [9.17, 15) is 9.90 Å². The number of methoxy groups -OCH3 is 1. The summed E-state index contributed by atoms with van der Waals surface area (Å²) in [4.78, 5) is 12.1. The lowest BCUT2D eigenvalue weighted by Crippen LogP contribution is -2.39. The lowest BCUT2D eigenvalue weighted by Gasteiger charge is -2.14. The van der Waals surface area contributed by atoms with Crippen molar-refractivity contribution in [3.63, 3.8) is 0 Å². The van der Waals surface area contributed by atoms with Crippen LogP contribution in [0.3, 0.4) is 0 Å². The summed E-state index contributed by atoms with van der Waals surface area (Å²) in [6.45, 7) is 2.63. The molecule has 1 atom stereocenters. The highest BCUT2D eigenvalue weighted by Gasteiger charge is 2.16. The quantitative estimate of drug-likeness (QED) is 0.428. The molecule has 0 aliphatic rings. The second kappa shape index (κ2) is 11.3. The Morgan fingerprint density at radius 1 is 1.18 bits per heavy atom. The molecule has 1 amide bonds. The van der Waals surface area contributed by atoms with Crippen molar-refractivity contribution in [1.82, 2.24) is 10.9 Å². The number of carbonyl (C=O) groups excluding carboxylic acids is 1. The minimum Gasteiger partial charge on any atom is -0.493 e. The summed E-state index contributed by atoms with van der Waals surface area (Å²) in [5.74, 6) is 6.50. The maximum Gasteiger partial charge on any atom is 0.267 e. The number of nitrogens with one attached hydrogen (secondary N) is 2. The minimum absolute atomic E-state index is 0.297. The van der Waals surface area contributed by atoms with E-state index in [1.807, 2.05) is 19.1 Å². The van der Waals surface area contributed by atoms with Crippen LogP contribution in [0.4, 0.5) is 0 Å². The molecule has 0 aliphatic carbocycles. The van der Waals surface area contributed by atoms with Crippen LogP contribution in [-0.2, 0) is 11.3 Å². The molecule has 7 heteroatoms. The first-order valence-corrected chi connectivity index (χ1v) is 9.56. The molecule has 6 nitrogen and oxygen atoms in total. The summed E-state index contributed by atoms with van der Waals surface area (Å²) >= 11 is 3.32. The van der Waals surface area contributed by atoms with Crippen LogP contribution in [0.15, 0.2) is 46.9 Å². The Morgan fingerprint density at radius 2 is 1.93 bits per heavy atom. The highest BCUT2D eigenvalue weighted by Crippen LogP contribution is 2.28. The Labute approximate surface area is 173 Å². The number of aliphatic hydroxyl groups is 1. The van der Waals surface area contributed by atoms with Gasteiger partial charge in [-0.05, 0) is 35.4 Å². The van der Waals surface area contributed by atoms with E-state index in [0.717, 1.165) is 16.5 Å². The Kier molecular flexibility index (Phi) is 8.82. The second-order valence-electron chi connectivity index (χ2n) is 5.78. The fraction of sp³-hybridized carbons (Fsp3) is 0.286. The summed E-state index contributed by atoms with van der Waals surface area (Å²) in [5.41, 5.74) is 6.70. The van der Waals surface area contributed by atoms with Gasteiger partial charge >= 0.3 is 0 Å². The Hall–Kier alpha value is -2.53. The SMILES string of the molecule is CCC#CCOc1ccc(CNNC(=O)C(O)c2ccc(Br)cc2)cc1OC. The van der Waals surface area contributed by atoms with Gasteiger partial charge in [0.2, 0.25) is 0 Å². The summed E-state index contributed by atoms with van der Waals surface area (Å²) in [6, 6.07) is 12.4. The maximum absolute atomic E-state index is 12.1. The molecule has 0 saturated heterocycles. The van der Waals surface area contributed by atoms with Gasteiger partial charge in [-0.2, -0.15) is 0 Å². The fourth-order valence-electron chi connectivity index (χ4n) is 2.33. The predicted octanol–water partition coefficient (Wildman–Crippen LogP) is 3.10. The zero-order valence-corrected chi connectivity index (χ0v) is 17.4. The van der Waals surface area contributed by atoms with Crippen molar-refractivity contribution >= 4 is 21.8 Å². The first-order valence-electron chi connectivity index (χ1n) is 8.76. The molecular weight excluding hydrogens is 424 g/mol. The first-order chi connectivity index (χ1) is 13.5.